The van der Waals surface area contributed by atoms with Crippen LogP contribution in [0.15, 0.2) is 36.7 Å². The first kappa shape index (κ1) is 16.8. The van der Waals surface area contributed by atoms with Gasteiger partial charge in [0.1, 0.15) is 29.1 Å². The van der Waals surface area contributed by atoms with E-state index < -0.39 is 0 Å². The lowest BCUT2D eigenvalue weighted by Crippen LogP contribution is -2.34. The van der Waals surface area contributed by atoms with Crippen LogP contribution in [0, 0.1) is 17.7 Å². The molecular weight excluding hydrogens is 373 g/mol. The lowest BCUT2D eigenvalue weighted by atomic mass is 10.0. The molecule has 2 aromatic heterocycles. The van der Waals surface area contributed by atoms with Gasteiger partial charge < -0.3 is 15.0 Å². The maximum Gasteiger partial charge on any atom is 0.256 e. The largest absolute Gasteiger partial charge is 0.489 e. The van der Waals surface area contributed by atoms with Crippen molar-refractivity contribution >= 4 is 17.4 Å². The number of nitrogens with one attached hydrogen (secondary N) is 1. The van der Waals surface area contributed by atoms with Crippen molar-refractivity contribution in [3.63, 3.8) is 0 Å². The van der Waals surface area contributed by atoms with Crippen molar-refractivity contribution in [3.05, 3.63) is 53.6 Å². The van der Waals surface area contributed by atoms with Crippen LogP contribution in [0.3, 0.4) is 0 Å². The van der Waals surface area contributed by atoms with Gasteiger partial charge in [0.15, 0.2) is 5.65 Å². The summed E-state index contributed by atoms with van der Waals surface area (Å²) in [6.07, 6.45) is 4.22. The Labute approximate surface area is 166 Å². The van der Waals surface area contributed by atoms with Crippen molar-refractivity contribution in [2.75, 3.05) is 18.0 Å². The molecule has 1 saturated carbocycles. The van der Waals surface area contributed by atoms with Gasteiger partial charge in [-0.05, 0) is 49.4 Å². The van der Waals surface area contributed by atoms with Gasteiger partial charge in [-0.15, -0.1) is 0 Å². The number of halogens is 1. The van der Waals surface area contributed by atoms with Crippen LogP contribution in [-0.4, -0.2) is 39.7 Å². The van der Waals surface area contributed by atoms with E-state index in [1.807, 2.05) is 19.2 Å². The fourth-order valence-corrected chi connectivity index (χ4v) is 4.73. The minimum Gasteiger partial charge on any atom is -0.489 e. The van der Waals surface area contributed by atoms with Crippen LogP contribution < -0.4 is 15.0 Å². The summed E-state index contributed by atoms with van der Waals surface area (Å²) in [5, 5.41) is 7.14. The Bertz CT molecular complexity index is 1150. The van der Waals surface area contributed by atoms with Gasteiger partial charge in [0, 0.05) is 18.3 Å². The number of ether oxygens (including phenoxy) is 1. The minimum absolute atomic E-state index is 0.00337. The molecule has 1 amide bonds. The van der Waals surface area contributed by atoms with Crippen LogP contribution in [-0.2, 0) is 0 Å². The van der Waals surface area contributed by atoms with Gasteiger partial charge in [-0.25, -0.2) is 13.9 Å². The van der Waals surface area contributed by atoms with Gasteiger partial charge in [0.05, 0.1) is 18.8 Å². The van der Waals surface area contributed by atoms with E-state index in [1.165, 1.54) is 12.3 Å². The number of hydrogen-bond acceptors (Lipinski definition) is 5. The fourth-order valence-electron chi connectivity index (χ4n) is 4.73. The van der Waals surface area contributed by atoms with E-state index in [0.29, 0.717) is 35.3 Å². The molecule has 0 unspecified atom stereocenters. The van der Waals surface area contributed by atoms with Crippen molar-refractivity contribution < 1.29 is 13.9 Å². The normalized spacial score (nSPS) is 27.8. The fraction of sp³-hybridized carbons (Fsp3) is 0.381. The second-order valence-electron chi connectivity index (χ2n) is 8.19. The van der Waals surface area contributed by atoms with Crippen LogP contribution in [0.2, 0.25) is 0 Å². The maximum absolute atomic E-state index is 14.2. The molecule has 1 aliphatic carbocycles. The zero-order chi connectivity index (χ0) is 19.7. The molecule has 0 spiro atoms. The van der Waals surface area contributed by atoms with E-state index in [-0.39, 0.29) is 23.9 Å². The highest BCUT2D eigenvalue weighted by Gasteiger charge is 2.54. The Morgan fingerprint density at radius 3 is 3.10 bits per heavy atom. The second kappa shape index (κ2) is 5.92. The third-order valence-electron chi connectivity index (χ3n) is 6.21. The van der Waals surface area contributed by atoms with Gasteiger partial charge in [0.25, 0.3) is 5.91 Å². The molecule has 1 N–H and O–H groups in total. The van der Waals surface area contributed by atoms with Crippen LogP contribution in [0.25, 0.3) is 5.65 Å². The Balaban J connectivity index is 1.55. The molecule has 2 fully saturated rings. The lowest BCUT2D eigenvalue weighted by Gasteiger charge is -2.30. The highest BCUT2D eigenvalue weighted by Crippen LogP contribution is 2.58. The molecule has 1 aromatic carbocycles. The molecule has 2 aliphatic heterocycles. The van der Waals surface area contributed by atoms with Crippen LogP contribution in [0.1, 0.15) is 35.3 Å². The molecule has 0 radical (unpaired) electrons. The number of carbonyl (C=O) groups excluding carboxylic acids is 1. The van der Waals surface area contributed by atoms with Gasteiger partial charge >= 0.3 is 0 Å². The SMILES string of the molecule is C[C@H]1CNC(=O)c2cnn3ccc(nc23)N2C[C@H]3C[C@H]3[C@@H]2c2cc(F)ccc2O1. The zero-order valence-electron chi connectivity index (χ0n) is 15.9. The summed E-state index contributed by atoms with van der Waals surface area (Å²) in [5.74, 6) is 1.96. The van der Waals surface area contributed by atoms with Crippen molar-refractivity contribution in [2.45, 2.75) is 25.5 Å². The number of nitrogens with zero attached hydrogens (tertiary/aromatic N) is 4. The highest BCUT2D eigenvalue weighted by molar-refractivity contribution is 5.99. The molecule has 7 nitrogen and oxygen atoms in total. The standard InChI is InChI=1S/C21H20FN5O2/c1-11-8-23-21(28)16-9-24-27-5-4-18(25-20(16)27)26-10-12-6-14(12)19(26)15-7-13(22)2-3-17(15)29-11/h2-5,7,9,11-12,14,19H,6,8,10H2,1H3,(H,23,28)/t11-,12+,14+,19+/m0/s1. The quantitative estimate of drug-likeness (QED) is 0.636. The maximum atomic E-state index is 14.2. The molecule has 8 heteroatoms. The Hall–Kier alpha value is -3.16. The van der Waals surface area contributed by atoms with E-state index in [0.717, 1.165) is 24.3 Å². The molecule has 2 bridgehead atoms. The first-order valence-electron chi connectivity index (χ1n) is 9.94. The van der Waals surface area contributed by atoms with Crippen molar-refractivity contribution in [1.82, 2.24) is 19.9 Å². The van der Waals surface area contributed by atoms with Crippen molar-refractivity contribution in [1.29, 1.82) is 0 Å². The smallest absolute Gasteiger partial charge is 0.256 e. The summed E-state index contributed by atoms with van der Waals surface area (Å²) in [7, 11) is 0. The molecule has 148 valence electrons. The Kier molecular flexibility index (Phi) is 3.42. The molecule has 6 rings (SSSR count). The highest BCUT2D eigenvalue weighted by atomic mass is 19.1. The third-order valence-corrected chi connectivity index (χ3v) is 6.21. The number of anilines is 1. The van der Waals surface area contributed by atoms with E-state index >= 15 is 0 Å². The first-order valence-corrected chi connectivity index (χ1v) is 9.94. The van der Waals surface area contributed by atoms with Crippen LogP contribution in [0.5, 0.6) is 5.75 Å². The number of rotatable bonds is 0. The molecule has 1 saturated heterocycles. The zero-order valence-corrected chi connectivity index (χ0v) is 15.9. The van der Waals surface area contributed by atoms with Crippen molar-refractivity contribution in [2.24, 2.45) is 11.8 Å². The van der Waals surface area contributed by atoms with E-state index in [4.69, 9.17) is 9.72 Å². The van der Waals surface area contributed by atoms with Crippen molar-refractivity contribution in [3.8, 4) is 5.75 Å². The monoisotopic (exact) mass is 393 g/mol. The molecule has 4 heterocycles. The van der Waals surface area contributed by atoms with E-state index in [2.05, 4.69) is 15.3 Å². The summed E-state index contributed by atoms with van der Waals surface area (Å²) < 4.78 is 22.0. The molecule has 3 aromatic rings. The molecule has 29 heavy (non-hydrogen) atoms. The third kappa shape index (κ3) is 2.58. The predicted molar refractivity (Wildman–Crippen MR) is 103 cm³/mol. The Morgan fingerprint density at radius 2 is 2.21 bits per heavy atom. The Morgan fingerprint density at radius 1 is 1.31 bits per heavy atom. The molecule has 4 atom stereocenters. The number of aromatic nitrogens is 3. The van der Waals surface area contributed by atoms with Gasteiger partial charge in [-0.3, -0.25) is 4.79 Å². The summed E-state index contributed by atoms with van der Waals surface area (Å²) in [6, 6.07) is 6.61. The number of piperidine rings is 1. The number of hydrogen-bond donors (Lipinski definition) is 1. The predicted octanol–water partition coefficient (Wildman–Crippen LogP) is 2.58. The van der Waals surface area contributed by atoms with Gasteiger partial charge in [-0.2, -0.15) is 5.10 Å². The number of benzene rings is 1. The van der Waals surface area contributed by atoms with Gasteiger partial charge in [0.2, 0.25) is 0 Å². The lowest BCUT2D eigenvalue weighted by molar-refractivity contribution is 0.0933. The molecular formula is C21H20FN5O2. The average Bonchev–Trinajstić information content (AvgIpc) is 3.18. The van der Waals surface area contributed by atoms with E-state index in [9.17, 15) is 9.18 Å². The second-order valence-corrected chi connectivity index (χ2v) is 8.19. The molecule has 3 aliphatic rings. The van der Waals surface area contributed by atoms with E-state index in [1.54, 1.807) is 16.6 Å². The summed E-state index contributed by atoms with van der Waals surface area (Å²) in [5.41, 5.74) is 1.80. The number of carbonyl (C=O) groups is 1. The number of fused-ring (bicyclic) bond motifs is 7. The van der Waals surface area contributed by atoms with Gasteiger partial charge in [-0.1, -0.05) is 0 Å². The summed E-state index contributed by atoms with van der Waals surface area (Å²) in [6.45, 7) is 3.08. The van der Waals surface area contributed by atoms with Crippen LogP contribution >= 0.6 is 0 Å². The average molecular weight is 393 g/mol. The van der Waals surface area contributed by atoms with Crippen LogP contribution in [0.4, 0.5) is 10.2 Å². The summed E-state index contributed by atoms with van der Waals surface area (Å²) >= 11 is 0. The summed E-state index contributed by atoms with van der Waals surface area (Å²) in [4.78, 5) is 19.7. The minimum atomic E-state index is -0.275. The number of amides is 1. The topological polar surface area (TPSA) is 71.8 Å². The first-order chi connectivity index (χ1) is 14.1.